The molecule has 0 spiro atoms. The van der Waals surface area contributed by atoms with Gasteiger partial charge < -0.3 is 10.2 Å². The van der Waals surface area contributed by atoms with Crippen molar-refractivity contribution in [2.24, 2.45) is 0 Å². The quantitative estimate of drug-likeness (QED) is 0.685. The fraction of sp³-hybridized carbons (Fsp3) is 0.417. The third-order valence-electron chi connectivity index (χ3n) is 5.70. The molecule has 1 unspecified atom stereocenters. The Morgan fingerprint density at radius 1 is 1.07 bits per heavy atom. The van der Waals surface area contributed by atoms with Crippen molar-refractivity contribution in [3.63, 3.8) is 0 Å². The van der Waals surface area contributed by atoms with Crippen LogP contribution in [-0.2, 0) is 13.1 Å². The molecule has 1 aliphatic heterocycles. The zero-order valence-electron chi connectivity index (χ0n) is 17.9. The molecule has 6 heteroatoms. The van der Waals surface area contributed by atoms with Crippen LogP contribution in [0.2, 0.25) is 0 Å². The minimum atomic E-state index is -0.0824. The Kier molecular flexibility index (Phi) is 6.45. The minimum Gasteiger partial charge on any atom is -0.345 e. The van der Waals surface area contributed by atoms with Gasteiger partial charge in [0.2, 0.25) is 0 Å². The molecule has 30 heavy (non-hydrogen) atoms. The van der Waals surface area contributed by atoms with E-state index in [1.807, 2.05) is 35.0 Å². The topological polar surface area (TPSA) is 53.4 Å². The monoisotopic (exact) mass is 405 g/mol. The largest absolute Gasteiger partial charge is 0.345 e. The Morgan fingerprint density at radius 3 is 2.63 bits per heavy atom. The summed E-state index contributed by atoms with van der Waals surface area (Å²) in [6.45, 7) is 7.49. The summed E-state index contributed by atoms with van der Waals surface area (Å²) >= 11 is 0. The van der Waals surface area contributed by atoms with Gasteiger partial charge in [-0.25, -0.2) is 0 Å². The first kappa shape index (κ1) is 20.6. The van der Waals surface area contributed by atoms with E-state index < -0.39 is 0 Å². The lowest BCUT2D eigenvalue weighted by molar-refractivity contribution is 0.0919. The molecule has 1 saturated heterocycles. The van der Waals surface area contributed by atoms with E-state index in [9.17, 15) is 4.79 Å². The third-order valence-corrected chi connectivity index (χ3v) is 5.70. The van der Waals surface area contributed by atoms with Crippen molar-refractivity contribution < 1.29 is 4.79 Å². The van der Waals surface area contributed by atoms with Crippen LogP contribution >= 0.6 is 0 Å². The highest BCUT2D eigenvalue weighted by molar-refractivity contribution is 6.05. The number of carbonyl (C=O) groups is 1. The standard InChI is InChI=1S/C24H31N5O/c1-3-13-29-22-12-8-7-11-21(22)23(26-29)24(30)25-20-17-27(2)14-15-28(18-20)16-19-9-5-4-6-10-19/h4-12,20H,3,13-18H2,1-2H3,(H,25,30). The van der Waals surface area contributed by atoms with Gasteiger partial charge in [-0.05, 0) is 25.1 Å². The summed E-state index contributed by atoms with van der Waals surface area (Å²) in [6, 6.07) is 18.6. The maximum atomic E-state index is 13.2. The molecule has 1 atom stereocenters. The molecular formula is C24H31N5O. The lowest BCUT2D eigenvalue weighted by Gasteiger charge is -2.24. The highest BCUT2D eigenvalue weighted by atomic mass is 16.2. The summed E-state index contributed by atoms with van der Waals surface area (Å²) in [5.41, 5.74) is 2.85. The zero-order chi connectivity index (χ0) is 20.9. The van der Waals surface area contributed by atoms with Crippen LogP contribution in [0.4, 0.5) is 0 Å². The molecule has 1 aliphatic rings. The van der Waals surface area contributed by atoms with Crippen molar-refractivity contribution >= 4 is 16.8 Å². The number of likely N-dealkylation sites (N-methyl/N-ethyl adjacent to an activating group) is 1. The molecule has 3 aromatic rings. The molecule has 0 aliphatic carbocycles. The molecule has 4 rings (SSSR count). The van der Waals surface area contributed by atoms with Gasteiger partial charge in [0.15, 0.2) is 5.69 Å². The number of para-hydroxylation sites is 1. The summed E-state index contributed by atoms with van der Waals surface area (Å²) in [7, 11) is 2.12. The lowest BCUT2D eigenvalue weighted by Crippen LogP contribution is -2.46. The average Bonchev–Trinajstić information content (AvgIpc) is 3.02. The number of fused-ring (bicyclic) bond motifs is 1. The molecule has 6 nitrogen and oxygen atoms in total. The van der Waals surface area contributed by atoms with Gasteiger partial charge in [0, 0.05) is 44.7 Å². The fourth-order valence-electron chi connectivity index (χ4n) is 4.25. The van der Waals surface area contributed by atoms with E-state index in [2.05, 4.69) is 58.5 Å². The minimum absolute atomic E-state index is 0.0591. The molecule has 158 valence electrons. The third kappa shape index (κ3) is 4.71. The SMILES string of the molecule is CCCn1nc(C(=O)NC2CN(C)CCN(Cc3ccccc3)C2)c2ccccc21. The number of aromatic nitrogens is 2. The fourth-order valence-corrected chi connectivity index (χ4v) is 4.25. The van der Waals surface area contributed by atoms with Crippen LogP contribution in [0.15, 0.2) is 54.6 Å². The molecule has 1 aromatic heterocycles. The summed E-state index contributed by atoms with van der Waals surface area (Å²) in [6.07, 6.45) is 0.981. The van der Waals surface area contributed by atoms with Gasteiger partial charge in [-0.2, -0.15) is 5.10 Å². The number of benzene rings is 2. The molecule has 0 bridgehead atoms. The number of rotatable bonds is 6. The molecule has 0 radical (unpaired) electrons. The van der Waals surface area contributed by atoms with E-state index in [0.29, 0.717) is 5.69 Å². The predicted molar refractivity (Wildman–Crippen MR) is 120 cm³/mol. The Bertz CT molecular complexity index is 984. The van der Waals surface area contributed by atoms with E-state index in [4.69, 9.17) is 0 Å². The lowest BCUT2D eigenvalue weighted by atomic mass is 10.1. The van der Waals surface area contributed by atoms with Crippen molar-refractivity contribution in [3.8, 4) is 0 Å². The molecule has 2 aromatic carbocycles. The van der Waals surface area contributed by atoms with Crippen LogP contribution in [-0.4, -0.2) is 64.8 Å². The molecule has 1 fully saturated rings. The van der Waals surface area contributed by atoms with E-state index in [1.165, 1.54) is 5.56 Å². The van der Waals surface area contributed by atoms with Crippen molar-refractivity contribution in [2.75, 3.05) is 33.2 Å². The average molecular weight is 406 g/mol. The molecule has 2 heterocycles. The van der Waals surface area contributed by atoms with Crippen LogP contribution in [0.1, 0.15) is 29.4 Å². The van der Waals surface area contributed by atoms with Crippen LogP contribution < -0.4 is 5.32 Å². The van der Waals surface area contributed by atoms with E-state index >= 15 is 0 Å². The van der Waals surface area contributed by atoms with Crippen molar-refractivity contribution in [3.05, 3.63) is 65.9 Å². The summed E-state index contributed by atoms with van der Waals surface area (Å²) in [5.74, 6) is -0.0824. The zero-order valence-corrected chi connectivity index (χ0v) is 17.9. The number of aryl methyl sites for hydroxylation is 1. The van der Waals surface area contributed by atoms with Gasteiger partial charge in [0.1, 0.15) is 0 Å². The first-order valence-corrected chi connectivity index (χ1v) is 10.8. The number of carbonyl (C=O) groups excluding carboxylic acids is 1. The van der Waals surface area contributed by atoms with Crippen molar-refractivity contribution in [1.82, 2.24) is 24.9 Å². The van der Waals surface area contributed by atoms with Crippen LogP contribution in [0.3, 0.4) is 0 Å². The second-order valence-electron chi connectivity index (χ2n) is 8.24. The smallest absolute Gasteiger partial charge is 0.272 e. The van der Waals surface area contributed by atoms with Gasteiger partial charge in [0.05, 0.1) is 11.6 Å². The number of hydrogen-bond donors (Lipinski definition) is 1. The Labute approximate surface area is 178 Å². The van der Waals surface area contributed by atoms with Gasteiger partial charge >= 0.3 is 0 Å². The maximum Gasteiger partial charge on any atom is 0.272 e. The Hall–Kier alpha value is -2.70. The molecule has 1 amide bonds. The van der Waals surface area contributed by atoms with Crippen molar-refractivity contribution in [1.29, 1.82) is 0 Å². The Balaban J connectivity index is 1.50. The summed E-state index contributed by atoms with van der Waals surface area (Å²) in [5, 5.41) is 8.84. The second kappa shape index (κ2) is 9.41. The highest BCUT2D eigenvalue weighted by Crippen LogP contribution is 2.19. The maximum absolute atomic E-state index is 13.2. The van der Waals surface area contributed by atoms with Gasteiger partial charge in [0.25, 0.3) is 5.91 Å². The summed E-state index contributed by atoms with van der Waals surface area (Å²) < 4.78 is 1.95. The molecule has 0 saturated carbocycles. The highest BCUT2D eigenvalue weighted by Gasteiger charge is 2.25. The van der Waals surface area contributed by atoms with E-state index in [-0.39, 0.29) is 11.9 Å². The number of amides is 1. The van der Waals surface area contributed by atoms with E-state index in [0.717, 1.165) is 56.6 Å². The normalized spacial score (nSPS) is 18.4. The summed E-state index contributed by atoms with van der Waals surface area (Å²) in [4.78, 5) is 17.9. The first-order chi connectivity index (χ1) is 14.6. The predicted octanol–water partition coefficient (Wildman–Crippen LogP) is 2.99. The Morgan fingerprint density at radius 2 is 1.83 bits per heavy atom. The van der Waals surface area contributed by atoms with Gasteiger partial charge in [-0.1, -0.05) is 55.5 Å². The van der Waals surface area contributed by atoms with Crippen LogP contribution in [0, 0.1) is 0 Å². The molecular weight excluding hydrogens is 374 g/mol. The number of nitrogens with one attached hydrogen (secondary N) is 1. The van der Waals surface area contributed by atoms with Crippen LogP contribution in [0.5, 0.6) is 0 Å². The number of nitrogens with zero attached hydrogens (tertiary/aromatic N) is 4. The number of hydrogen-bond acceptors (Lipinski definition) is 4. The molecule has 1 N–H and O–H groups in total. The van der Waals surface area contributed by atoms with Crippen LogP contribution in [0.25, 0.3) is 10.9 Å². The van der Waals surface area contributed by atoms with Crippen molar-refractivity contribution in [2.45, 2.75) is 32.5 Å². The van der Waals surface area contributed by atoms with Gasteiger partial charge in [-0.3, -0.25) is 14.4 Å². The second-order valence-corrected chi connectivity index (χ2v) is 8.24. The van der Waals surface area contributed by atoms with E-state index in [1.54, 1.807) is 0 Å². The van der Waals surface area contributed by atoms with Gasteiger partial charge in [-0.15, -0.1) is 0 Å². The first-order valence-electron chi connectivity index (χ1n) is 10.8.